The van der Waals surface area contributed by atoms with Crippen molar-refractivity contribution in [3.8, 4) is 5.75 Å². The number of hydrogen-bond donors (Lipinski definition) is 1. The Labute approximate surface area is 111 Å². The molecule has 1 aromatic rings. The van der Waals surface area contributed by atoms with Crippen LogP contribution < -0.4 is 10.1 Å². The summed E-state index contributed by atoms with van der Waals surface area (Å²) in [6.07, 6.45) is 5.18. The van der Waals surface area contributed by atoms with Gasteiger partial charge in [-0.15, -0.1) is 0 Å². The Bertz CT molecular complexity index is 448. The van der Waals surface area contributed by atoms with Crippen LogP contribution in [0.25, 0.3) is 0 Å². The fourth-order valence-electron chi connectivity index (χ4n) is 2.40. The first kappa shape index (κ1) is 13.8. The van der Waals surface area contributed by atoms with Gasteiger partial charge in [0.2, 0.25) is 0 Å². The summed E-state index contributed by atoms with van der Waals surface area (Å²) in [7, 11) is 1.18. The number of carbonyl (C=O) groups excluding carboxylic acids is 1. The molecule has 104 valence electrons. The van der Waals surface area contributed by atoms with Crippen LogP contribution in [0.3, 0.4) is 0 Å². The van der Waals surface area contributed by atoms with E-state index in [-0.39, 0.29) is 11.6 Å². The molecule has 1 aliphatic carbocycles. The van der Waals surface area contributed by atoms with Gasteiger partial charge in [-0.1, -0.05) is 19.3 Å². The van der Waals surface area contributed by atoms with Crippen molar-refractivity contribution in [2.24, 2.45) is 0 Å². The van der Waals surface area contributed by atoms with Gasteiger partial charge in [-0.25, -0.2) is 8.78 Å². The maximum absolute atomic E-state index is 13.5. The zero-order valence-corrected chi connectivity index (χ0v) is 10.8. The lowest BCUT2D eigenvalue weighted by Crippen LogP contribution is -2.36. The number of rotatable bonds is 3. The van der Waals surface area contributed by atoms with Crippen molar-refractivity contribution in [1.82, 2.24) is 5.32 Å². The number of hydrogen-bond acceptors (Lipinski definition) is 2. The van der Waals surface area contributed by atoms with E-state index >= 15 is 0 Å². The lowest BCUT2D eigenvalue weighted by atomic mass is 9.95. The SMILES string of the molecule is COc1c(F)cc(C(=O)NC2CCCCC2)cc1F. The summed E-state index contributed by atoms with van der Waals surface area (Å²) in [5, 5.41) is 2.81. The summed E-state index contributed by atoms with van der Waals surface area (Å²) >= 11 is 0. The summed E-state index contributed by atoms with van der Waals surface area (Å²) in [5.74, 6) is -2.63. The lowest BCUT2D eigenvalue weighted by Gasteiger charge is -2.22. The van der Waals surface area contributed by atoms with E-state index in [1.165, 1.54) is 13.5 Å². The van der Waals surface area contributed by atoms with E-state index in [1.54, 1.807) is 0 Å². The molecule has 0 atom stereocenters. The third-order valence-corrected chi connectivity index (χ3v) is 3.40. The van der Waals surface area contributed by atoms with Gasteiger partial charge in [-0.2, -0.15) is 0 Å². The molecule has 19 heavy (non-hydrogen) atoms. The predicted octanol–water partition coefficient (Wildman–Crippen LogP) is 3.04. The van der Waals surface area contributed by atoms with E-state index in [0.717, 1.165) is 37.8 Å². The van der Waals surface area contributed by atoms with Gasteiger partial charge in [-0.05, 0) is 25.0 Å². The van der Waals surface area contributed by atoms with Crippen molar-refractivity contribution in [2.75, 3.05) is 7.11 Å². The average molecular weight is 269 g/mol. The molecule has 0 aromatic heterocycles. The predicted molar refractivity (Wildman–Crippen MR) is 67.2 cm³/mol. The highest BCUT2D eigenvalue weighted by Crippen LogP contribution is 2.23. The molecule has 0 unspecified atom stereocenters. The first-order valence-electron chi connectivity index (χ1n) is 6.45. The Morgan fingerprint density at radius 3 is 2.32 bits per heavy atom. The lowest BCUT2D eigenvalue weighted by molar-refractivity contribution is 0.0926. The number of nitrogens with one attached hydrogen (secondary N) is 1. The maximum Gasteiger partial charge on any atom is 0.251 e. The smallest absolute Gasteiger partial charge is 0.251 e. The Morgan fingerprint density at radius 1 is 1.21 bits per heavy atom. The molecule has 0 aliphatic heterocycles. The number of amides is 1. The van der Waals surface area contributed by atoms with E-state index in [2.05, 4.69) is 10.1 Å². The molecule has 2 rings (SSSR count). The second kappa shape index (κ2) is 5.99. The summed E-state index contributed by atoms with van der Waals surface area (Å²) in [6.45, 7) is 0. The molecule has 1 aliphatic rings. The van der Waals surface area contributed by atoms with Gasteiger partial charge in [0.15, 0.2) is 17.4 Å². The molecule has 1 aromatic carbocycles. The maximum atomic E-state index is 13.5. The van der Waals surface area contributed by atoms with Crippen LogP contribution in [-0.4, -0.2) is 19.1 Å². The summed E-state index contributed by atoms with van der Waals surface area (Å²) in [5.41, 5.74) is -0.0126. The van der Waals surface area contributed by atoms with Crippen molar-refractivity contribution in [2.45, 2.75) is 38.1 Å². The molecule has 1 N–H and O–H groups in total. The van der Waals surface area contributed by atoms with Crippen molar-refractivity contribution in [1.29, 1.82) is 0 Å². The van der Waals surface area contributed by atoms with Gasteiger partial charge < -0.3 is 10.1 Å². The minimum absolute atomic E-state index is 0.0126. The largest absolute Gasteiger partial charge is 0.491 e. The van der Waals surface area contributed by atoms with Crippen LogP contribution in [-0.2, 0) is 0 Å². The van der Waals surface area contributed by atoms with E-state index in [4.69, 9.17) is 0 Å². The van der Waals surface area contributed by atoms with Gasteiger partial charge in [0, 0.05) is 11.6 Å². The van der Waals surface area contributed by atoms with Crippen LogP contribution in [0.5, 0.6) is 5.75 Å². The zero-order valence-electron chi connectivity index (χ0n) is 10.8. The Balaban J connectivity index is 2.10. The van der Waals surface area contributed by atoms with Gasteiger partial charge in [0.25, 0.3) is 5.91 Å². The van der Waals surface area contributed by atoms with E-state index in [9.17, 15) is 13.6 Å². The molecule has 1 saturated carbocycles. The van der Waals surface area contributed by atoms with Crippen LogP contribution in [0.1, 0.15) is 42.5 Å². The van der Waals surface area contributed by atoms with Gasteiger partial charge in [0.05, 0.1) is 7.11 Å². The van der Waals surface area contributed by atoms with Crippen molar-refractivity contribution in [3.63, 3.8) is 0 Å². The van der Waals surface area contributed by atoms with Crippen molar-refractivity contribution >= 4 is 5.91 Å². The standard InChI is InChI=1S/C14H17F2NO2/c1-19-13-11(15)7-9(8-12(13)16)14(18)17-10-5-3-2-4-6-10/h7-8,10H,2-6H2,1H3,(H,17,18). The molecule has 1 amide bonds. The number of carbonyl (C=O) groups is 1. The highest BCUT2D eigenvalue weighted by Gasteiger charge is 2.19. The molecule has 0 spiro atoms. The van der Waals surface area contributed by atoms with Crippen LogP contribution in [0.2, 0.25) is 0 Å². The second-order valence-electron chi connectivity index (χ2n) is 4.78. The molecule has 0 radical (unpaired) electrons. The molecule has 0 bridgehead atoms. The summed E-state index contributed by atoms with van der Waals surface area (Å²) in [6, 6.07) is 2.11. The van der Waals surface area contributed by atoms with Crippen LogP contribution in [0.15, 0.2) is 12.1 Å². The van der Waals surface area contributed by atoms with Gasteiger partial charge >= 0.3 is 0 Å². The Hall–Kier alpha value is -1.65. The molecule has 0 saturated heterocycles. The topological polar surface area (TPSA) is 38.3 Å². The number of benzene rings is 1. The second-order valence-corrected chi connectivity index (χ2v) is 4.78. The molecule has 5 heteroatoms. The Kier molecular flexibility index (Phi) is 4.35. The molecular weight excluding hydrogens is 252 g/mol. The quantitative estimate of drug-likeness (QED) is 0.916. The van der Waals surface area contributed by atoms with Gasteiger partial charge in [0.1, 0.15) is 0 Å². The van der Waals surface area contributed by atoms with Crippen molar-refractivity contribution in [3.05, 3.63) is 29.3 Å². The third-order valence-electron chi connectivity index (χ3n) is 3.40. The van der Waals surface area contributed by atoms with E-state index < -0.39 is 23.3 Å². The minimum Gasteiger partial charge on any atom is -0.491 e. The number of ether oxygens (including phenoxy) is 1. The van der Waals surface area contributed by atoms with Crippen LogP contribution >= 0.6 is 0 Å². The number of methoxy groups -OCH3 is 1. The zero-order chi connectivity index (χ0) is 13.8. The monoisotopic (exact) mass is 269 g/mol. The fraction of sp³-hybridized carbons (Fsp3) is 0.500. The highest BCUT2D eigenvalue weighted by atomic mass is 19.1. The first-order valence-corrected chi connectivity index (χ1v) is 6.45. The highest BCUT2D eigenvalue weighted by molar-refractivity contribution is 5.94. The fourth-order valence-corrected chi connectivity index (χ4v) is 2.40. The number of halogens is 2. The summed E-state index contributed by atoms with van der Waals surface area (Å²) < 4.78 is 31.6. The molecule has 0 heterocycles. The van der Waals surface area contributed by atoms with Crippen LogP contribution in [0.4, 0.5) is 8.78 Å². The minimum atomic E-state index is -0.865. The van der Waals surface area contributed by atoms with Crippen molar-refractivity contribution < 1.29 is 18.3 Å². The van der Waals surface area contributed by atoms with Gasteiger partial charge in [-0.3, -0.25) is 4.79 Å². The average Bonchev–Trinajstić information content (AvgIpc) is 2.39. The third kappa shape index (κ3) is 3.22. The molecule has 3 nitrogen and oxygen atoms in total. The molecular formula is C14H17F2NO2. The van der Waals surface area contributed by atoms with E-state index in [0.29, 0.717) is 0 Å². The Morgan fingerprint density at radius 2 is 1.79 bits per heavy atom. The molecule has 1 fully saturated rings. The van der Waals surface area contributed by atoms with Crippen LogP contribution in [0, 0.1) is 11.6 Å². The normalized spacial score (nSPS) is 16.2. The summed E-state index contributed by atoms with van der Waals surface area (Å²) in [4.78, 5) is 11.9. The first-order chi connectivity index (χ1) is 9.11. The van der Waals surface area contributed by atoms with E-state index in [1.807, 2.05) is 0 Å².